The number of sulfonamides is 1. The molecule has 5 nitrogen and oxygen atoms in total. The average molecular weight is 357 g/mol. The maximum atomic E-state index is 12.7. The molecule has 3 aromatic rings. The molecule has 0 saturated heterocycles. The van der Waals surface area contributed by atoms with E-state index >= 15 is 0 Å². The van der Waals surface area contributed by atoms with Gasteiger partial charge in [0, 0.05) is 6.54 Å². The summed E-state index contributed by atoms with van der Waals surface area (Å²) in [4.78, 5) is 0.184. The van der Waals surface area contributed by atoms with E-state index in [9.17, 15) is 13.5 Å². The third-order valence-electron chi connectivity index (χ3n) is 4.76. The van der Waals surface area contributed by atoms with Gasteiger partial charge in [0.2, 0.25) is 10.0 Å². The van der Waals surface area contributed by atoms with Crippen LogP contribution in [0.15, 0.2) is 70.2 Å². The van der Waals surface area contributed by atoms with E-state index in [-0.39, 0.29) is 17.4 Å². The lowest BCUT2D eigenvalue weighted by molar-refractivity contribution is -0.00224. The van der Waals surface area contributed by atoms with Crippen LogP contribution in [0.5, 0.6) is 0 Å². The molecule has 130 valence electrons. The molecule has 1 unspecified atom stereocenters. The minimum absolute atomic E-state index is 0.0120. The zero-order valence-electron chi connectivity index (χ0n) is 13.6. The van der Waals surface area contributed by atoms with Crippen LogP contribution < -0.4 is 4.72 Å². The van der Waals surface area contributed by atoms with Gasteiger partial charge in [0.1, 0.15) is 11.4 Å². The Bertz CT molecular complexity index is 993. The van der Waals surface area contributed by atoms with Crippen molar-refractivity contribution in [1.82, 2.24) is 4.72 Å². The largest absolute Gasteiger partial charge is 0.466 e. The van der Waals surface area contributed by atoms with Crippen molar-refractivity contribution >= 4 is 20.8 Å². The number of furan rings is 1. The normalized spacial score (nSPS) is 17.5. The Hall–Kier alpha value is -2.15. The summed E-state index contributed by atoms with van der Waals surface area (Å²) in [7, 11) is -3.73. The van der Waals surface area contributed by atoms with Gasteiger partial charge in [-0.25, -0.2) is 13.1 Å². The molecule has 6 heteroatoms. The molecule has 0 radical (unpaired) electrons. The third-order valence-corrected chi connectivity index (χ3v) is 6.16. The van der Waals surface area contributed by atoms with Crippen molar-refractivity contribution in [3.63, 3.8) is 0 Å². The van der Waals surface area contributed by atoms with E-state index < -0.39 is 15.6 Å². The van der Waals surface area contributed by atoms with E-state index in [4.69, 9.17) is 4.42 Å². The molecule has 1 saturated carbocycles. The smallest absolute Gasteiger partial charge is 0.240 e. The van der Waals surface area contributed by atoms with Gasteiger partial charge in [-0.15, -0.1) is 0 Å². The van der Waals surface area contributed by atoms with Gasteiger partial charge < -0.3 is 9.52 Å². The second-order valence-corrected chi connectivity index (χ2v) is 8.28. The minimum Gasteiger partial charge on any atom is -0.466 e. The SMILES string of the molecule is O=S(=O)(NCC(O)(c1ccco1)C1CC1)c1ccc2ccccc2c1. The summed E-state index contributed by atoms with van der Waals surface area (Å²) in [5.74, 6) is 0.411. The van der Waals surface area contributed by atoms with Crippen LogP contribution in [0.3, 0.4) is 0 Å². The number of nitrogens with one attached hydrogen (secondary N) is 1. The average Bonchev–Trinajstić information content (AvgIpc) is 3.34. The monoisotopic (exact) mass is 357 g/mol. The molecule has 1 aromatic heterocycles. The van der Waals surface area contributed by atoms with E-state index in [2.05, 4.69) is 4.72 Å². The fraction of sp³-hybridized carbons (Fsp3) is 0.263. The van der Waals surface area contributed by atoms with Crippen LogP contribution in [0.4, 0.5) is 0 Å². The van der Waals surface area contributed by atoms with Crippen molar-refractivity contribution in [3.05, 3.63) is 66.6 Å². The van der Waals surface area contributed by atoms with Gasteiger partial charge in [0.05, 0.1) is 11.2 Å². The Labute approximate surface area is 146 Å². The summed E-state index contributed by atoms with van der Waals surface area (Å²) in [5.41, 5.74) is -1.31. The first-order valence-corrected chi connectivity index (χ1v) is 9.72. The summed E-state index contributed by atoms with van der Waals surface area (Å²) in [6, 6.07) is 16.0. The van der Waals surface area contributed by atoms with Gasteiger partial charge >= 0.3 is 0 Å². The molecular weight excluding hydrogens is 338 g/mol. The number of rotatable bonds is 6. The topological polar surface area (TPSA) is 79.5 Å². The molecule has 0 aliphatic heterocycles. The van der Waals surface area contributed by atoms with Crippen LogP contribution >= 0.6 is 0 Å². The lowest BCUT2D eigenvalue weighted by Gasteiger charge is -2.26. The number of fused-ring (bicyclic) bond motifs is 1. The zero-order chi connectivity index (χ0) is 17.5. The number of hydrogen-bond acceptors (Lipinski definition) is 4. The van der Waals surface area contributed by atoms with Crippen molar-refractivity contribution in [2.45, 2.75) is 23.3 Å². The number of benzene rings is 2. The van der Waals surface area contributed by atoms with Gasteiger partial charge in [-0.05, 0) is 53.8 Å². The molecule has 25 heavy (non-hydrogen) atoms. The number of hydrogen-bond donors (Lipinski definition) is 2. The number of aliphatic hydroxyl groups is 1. The van der Waals surface area contributed by atoms with Crippen molar-refractivity contribution in [3.8, 4) is 0 Å². The molecule has 2 N–H and O–H groups in total. The first-order valence-electron chi connectivity index (χ1n) is 8.24. The van der Waals surface area contributed by atoms with Crippen LogP contribution in [-0.2, 0) is 15.6 Å². The Kier molecular flexibility index (Phi) is 3.91. The highest BCUT2D eigenvalue weighted by Gasteiger charge is 2.47. The molecule has 1 aliphatic carbocycles. The van der Waals surface area contributed by atoms with Crippen molar-refractivity contribution < 1.29 is 17.9 Å². The Morgan fingerprint density at radius 1 is 1.08 bits per heavy atom. The summed E-state index contributed by atoms with van der Waals surface area (Å²) in [5, 5.41) is 12.8. The highest BCUT2D eigenvalue weighted by molar-refractivity contribution is 7.89. The fourth-order valence-corrected chi connectivity index (χ4v) is 4.25. The van der Waals surface area contributed by atoms with Crippen molar-refractivity contribution in [2.75, 3.05) is 6.54 Å². The van der Waals surface area contributed by atoms with Crippen LogP contribution in [0.25, 0.3) is 10.8 Å². The van der Waals surface area contributed by atoms with E-state index in [1.165, 1.54) is 6.26 Å². The Balaban J connectivity index is 1.60. The summed E-state index contributed by atoms with van der Waals surface area (Å²) in [6.07, 6.45) is 3.20. The van der Waals surface area contributed by atoms with Crippen LogP contribution in [0.2, 0.25) is 0 Å². The quantitative estimate of drug-likeness (QED) is 0.711. The van der Waals surface area contributed by atoms with E-state index in [0.717, 1.165) is 23.6 Å². The van der Waals surface area contributed by atoms with Crippen LogP contribution in [0, 0.1) is 5.92 Å². The van der Waals surface area contributed by atoms with Gasteiger partial charge in [0.15, 0.2) is 0 Å². The second kappa shape index (κ2) is 5.98. The maximum Gasteiger partial charge on any atom is 0.240 e. The van der Waals surface area contributed by atoms with E-state index in [1.807, 2.05) is 24.3 Å². The first-order chi connectivity index (χ1) is 12.0. The standard InChI is InChI=1S/C19H19NO4S/c21-19(16-8-9-16,18-6-3-11-24-18)13-20-25(22,23)17-10-7-14-4-1-2-5-15(14)12-17/h1-7,10-12,16,20-21H,8-9,13H2. The predicted octanol–water partition coefficient (Wildman–Crippen LogP) is 3.01. The Morgan fingerprint density at radius 2 is 1.84 bits per heavy atom. The molecule has 1 fully saturated rings. The molecule has 1 atom stereocenters. The summed E-state index contributed by atoms with van der Waals surface area (Å²) < 4.78 is 33.3. The molecule has 0 amide bonds. The lowest BCUT2D eigenvalue weighted by atomic mass is 9.95. The first kappa shape index (κ1) is 16.3. The minimum atomic E-state index is -3.73. The van der Waals surface area contributed by atoms with Gasteiger partial charge in [-0.3, -0.25) is 0 Å². The fourth-order valence-electron chi connectivity index (χ4n) is 3.14. The van der Waals surface area contributed by atoms with E-state index in [1.54, 1.807) is 30.3 Å². The van der Waals surface area contributed by atoms with Gasteiger partial charge in [0.25, 0.3) is 0 Å². The summed E-state index contributed by atoms with van der Waals surface area (Å²) >= 11 is 0. The van der Waals surface area contributed by atoms with Crippen molar-refractivity contribution in [1.29, 1.82) is 0 Å². The van der Waals surface area contributed by atoms with Crippen LogP contribution in [0.1, 0.15) is 18.6 Å². The predicted molar refractivity (Wildman–Crippen MR) is 94.5 cm³/mol. The maximum absolute atomic E-state index is 12.7. The molecule has 0 spiro atoms. The van der Waals surface area contributed by atoms with Gasteiger partial charge in [-0.2, -0.15) is 0 Å². The van der Waals surface area contributed by atoms with E-state index in [0.29, 0.717) is 5.76 Å². The molecule has 2 aromatic carbocycles. The second-order valence-electron chi connectivity index (χ2n) is 6.51. The Morgan fingerprint density at radius 3 is 2.52 bits per heavy atom. The molecule has 1 heterocycles. The molecule has 0 bridgehead atoms. The molecule has 1 aliphatic rings. The zero-order valence-corrected chi connectivity index (χ0v) is 14.4. The lowest BCUT2D eigenvalue weighted by Crippen LogP contribution is -2.42. The molecule has 4 rings (SSSR count). The van der Waals surface area contributed by atoms with Gasteiger partial charge in [-0.1, -0.05) is 30.3 Å². The third kappa shape index (κ3) is 3.08. The highest BCUT2D eigenvalue weighted by Crippen LogP contribution is 2.45. The highest BCUT2D eigenvalue weighted by atomic mass is 32.2. The molecular formula is C19H19NO4S. The van der Waals surface area contributed by atoms with Crippen molar-refractivity contribution in [2.24, 2.45) is 5.92 Å². The van der Waals surface area contributed by atoms with Crippen LogP contribution in [-0.4, -0.2) is 20.1 Å². The summed E-state index contributed by atoms with van der Waals surface area (Å²) in [6.45, 7) is -0.111.